The molecule has 0 fully saturated rings. The molecule has 1 unspecified atom stereocenters. The molecule has 0 aromatic heterocycles. The zero-order chi connectivity index (χ0) is 10.7. The first-order valence-electron chi connectivity index (χ1n) is 3.51. The summed E-state index contributed by atoms with van der Waals surface area (Å²) in [6.45, 7) is 0. The standard InChI is InChI=1S/C7H8N2O4S/c8-6-3-4(9-14(12)13)1-2-5(6)7(10)11/h1-3,9H,8H2,(H,10,11)(H,12,13). The van der Waals surface area contributed by atoms with Crippen molar-refractivity contribution in [3.05, 3.63) is 23.8 Å². The summed E-state index contributed by atoms with van der Waals surface area (Å²) in [5, 5.41) is 8.63. The van der Waals surface area contributed by atoms with Gasteiger partial charge in [0.15, 0.2) is 0 Å². The average molecular weight is 216 g/mol. The first-order valence-corrected chi connectivity index (χ1v) is 4.61. The molecule has 1 rings (SSSR count). The number of benzene rings is 1. The number of hydrogen-bond donors (Lipinski definition) is 4. The maximum Gasteiger partial charge on any atom is 0.337 e. The summed E-state index contributed by atoms with van der Waals surface area (Å²) in [4.78, 5) is 10.5. The molecule has 7 heteroatoms. The normalized spacial score (nSPS) is 12.1. The van der Waals surface area contributed by atoms with E-state index in [1.807, 2.05) is 0 Å². The molecule has 76 valence electrons. The van der Waals surface area contributed by atoms with Gasteiger partial charge in [-0.3, -0.25) is 9.27 Å². The van der Waals surface area contributed by atoms with Crippen molar-refractivity contribution >= 4 is 28.6 Å². The van der Waals surface area contributed by atoms with E-state index in [1.54, 1.807) is 0 Å². The van der Waals surface area contributed by atoms with Crippen LogP contribution in [-0.2, 0) is 11.3 Å². The quantitative estimate of drug-likeness (QED) is 0.434. The van der Waals surface area contributed by atoms with E-state index in [2.05, 4.69) is 4.72 Å². The number of carbonyl (C=O) groups is 1. The van der Waals surface area contributed by atoms with E-state index in [1.165, 1.54) is 18.2 Å². The number of nitrogen functional groups attached to an aromatic ring is 1. The minimum atomic E-state index is -2.20. The van der Waals surface area contributed by atoms with Crippen LogP contribution in [0.25, 0.3) is 0 Å². The number of anilines is 2. The van der Waals surface area contributed by atoms with Crippen LogP contribution >= 0.6 is 0 Å². The molecule has 0 heterocycles. The van der Waals surface area contributed by atoms with Gasteiger partial charge in [0.25, 0.3) is 11.3 Å². The molecule has 0 spiro atoms. The van der Waals surface area contributed by atoms with Crippen LogP contribution in [0.5, 0.6) is 0 Å². The highest BCUT2D eigenvalue weighted by atomic mass is 32.2. The van der Waals surface area contributed by atoms with Crippen LogP contribution in [0.1, 0.15) is 10.4 Å². The predicted molar refractivity (Wildman–Crippen MR) is 52.2 cm³/mol. The Balaban J connectivity index is 3.00. The zero-order valence-electron chi connectivity index (χ0n) is 6.93. The molecule has 0 aliphatic heterocycles. The SMILES string of the molecule is Nc1cc(NS(=O)O)ccc1C(=O)O. The van der Waals surface area contributed by atoms with Gasteiger partial charge in [0.2, 0.25) is 0 Å². The van der Waals surface area contributed by atoms with Crippen LogP contribution in [0.4, 0.5) is 11.4 Å². The summed E-state index contributed by atoms with van der Waals surface area (Å²) in [5.41, 5.74) is 5.67. The smallest absolute Gasteiger partial charge is 0.337 e. The van der Waals surface area contributed by atoms with Gasteiger partial charge in [-0.15, -0.1) is 0 Å². The van der Waals surface area contributed by atoms with Gasteiger partial charge in [-0.2, -0.15) is 0 Å². The van der Waals surface area contributed by atoms with E-state index >= 15 is 0 Å². The number of rotatable bonds is 3. The lowest BCUT2D eigenvalue weighted by Gasteiger charge is -2.04. The number of aromatic carboxylic acids is 1. The molecule has 5 N–H and O–H groups in total. The van der Waals surface area contributed by atoms with Crippen molar-refractivity contribution in [2.24, 2.45) is 0 Å². The Morgan fingerprint density at radius 2 is 2.14 bits per heavy atom. The summed E-state index contributed by atoms with van der Waals surface area (Å²) in [6.07, 6.45) is 0. The molecule has 0 aliphatic rings. The third kappa shape index (κ3) is 2.44. The van der Waals surface area contributed by atoms with Crippen molar-refractivity contribution in [2.45, 2.75) is 0 Å². The topological polar surface area (TPSA) is 113 Å². The number of hydrogen-bond acceptors (Lipinski definition) is 3. The van der Waals surface area contributed by atoms with E-state index in [0.717, 1.165) is 0 Å². The minimum Gasteiger partial charge on any atom is -0.478 e. The predicted octanol–water partition coefficient (Wildman–Crippen LogP) is 0.516. The van der Waals surface area contributed by atoms with E-state index in [0.29, 0.717) is 0 Å². The zero-order valence-corrected chi connectivity index (χ0v) is 7.75. The largest absolute Gasteiger partial charge is 0.478 e. The van der Waals surface area contributed by atoms with Crippen LogP contribution in [0.15, 0.2) is 18.2 Å². The summed E-state index contributed by atoms with van der Waals surface area (Å²) < 4.78 is 21.0. The maximum absolute atomic E-state index is 10.5. The highest BCUT2D eigenvalue weighted by Crippen LogP contribution is 2.18. The second-order valence-corrected chi connectivity index (χ2v) is 3.16. The van der Waals surface area contributed by atoms with Crippen LogP contribution in [0, 0.1) is 0 Å². The Labute approximate surface area is 82.2 Å². The number of carboxylic acids is 1. The van der Waals surface area contributed by atoms with E-state index in [9.17, 15) is 9.00 Å². The number of nitrogens with one attached hydrogen (secondary N) is 1. The Hall–Kier alpha value is -1.60. The van der Waals surface area contributed by atoms with Crippen molar-refractivity contribution in [1.82, 2.24) is 0 Å². The van der Waals surface area contributed by atoms with Crippen molar-refractivity contribution in [3.8, 4) is 0 Å². The van der Waals surface area contributed by atoms with Gasteiger partial charge in [0.05, 0.1) is 11.3 Å². The molecule has 14 heavy (non-hydrogen) atoms. The lowest BCUT2D eigenvalue weighted by molar-refractivity contribution is 0.0698. The van der Waals surface area contributed by atoms with Gasteiger partial charge in [-0.25, -0.2) is 9.00 Å². The van der Waals surface area contributed by atoms with Crippen molar-refractivity contribution in [2.75, 3.05) is 10.5 Å². The summed E-state index contributed by atoms with van der Waals surface area (Å²) >= 11 is -2.20. The van der Waals surface area contributed by atoms with E-state index in [4.69, 9.17) is 15.4 Å². The van der Waals surface area contributed by atoms with Crippen LogP contribution in [0.2, 0.25) is 0 Å². The van der Waals surface area contributed by atoms with Gasteiger partial charge < -0.3 is 10.8 Å². The van der Waals surface area contributed by atoms with E-state index in [-0.39, 0.29) is 16.9 Å². The summed E-state index contributed by atoms with van der Waals surface area (Å²) in [7, 11) is 0. The fraction of sp³-hybridized carbons (Fsp3) is 0. The van der Waals surface area contributed by atoms with Crippen LogP contribution in [0.3, 0.4) is 0 Å². The third-order valence-corrected chi connectivity index (χ3v) is 1.90. The lowest BCUT2D eigenvalue weighted by Crippen LogP contribution is -2.05. The maximum atomic E-state index is 10.5. The second-order valence-electron chi connectivity index (χ2n) is 2.46. The van der Waals surface area contributed by atoms with Gasteiger partial charge >= 0.3 is 5.97 Å². The monoisotopic (exact) mass is 216 g/mol. The van der Waals surface area contributed by atoms with Crippen molar-refractivity contribution < 1.29 is 18.7 Å². The van der Waals surface area contributed by atoms with Gasteiger partial charge in [0, 0.05) is 5.69 Å². The molecule has 0 amide bonds. The Kier molecular flexibility index (Phi) is 3.05. The Morgan fingerprint density at radius 1 is 1.50 bits per heavy atom. The Morgan fingerprint density at radius 3 is 2.57 bits per heavy atom. The first-order chi connectivity index (χ1) is 6.50. The molecular weight excluding hydrogens is 208 g/mol. The molecule has 6 nitrogen and oxygen atoms in total. The average Bonchev–Trinajstić information content (AvgIpc) is 2.01. The molecule has 0 saturated carbocycles. The second kappa shape index (κ2) is 4.07. The van der Waals surface area contributed by atoms with Crippen LogP contribution in [-0.4, -0.2) is 19.8 Å². The molecule has 1 aromatic carbocycles. The van der Waals surface area contributed by atoms with Gasteiger partial charge in [-0.05, 0) is 18.2 Å². The minimum absolute atomic E-state index is 0.0351. The molecule has 0 saturated heterocycles. The number of nitrogens with two attached hydrogens (primary N) is 1. The molecule has 1 atom stereocenters. The molecule has 1 aromatic rings. The first kappa shape index (κ1) is 10.5. The van der Waals surface area contributed by atoms with Crippen LogP contribution < -0.4 is 10.5 Å². The highest BCUT2D eigenvalue weighted by Gasteiger charge is 2.08. The van der Waals surface area contributed by atoms with Gasteiger partial charge in [-0.1, -0.05) is 0 Å². The van der Waals surface area contributed by atoms with Gasteiger partial charge in [0.1, 0.15) is 0 Å². The fourth-order valence-corrected chi connectivity index (χ4v) is 1.25. The molecule has 0 aliphatic carbocycles. The fourth-order valence-electron chi connectivity index (χ4n) is 0.922. The summed E-state index contributed by atoms with van der Waals surface area (Å²) in [5.74, 6) is -1.14. The Bertz CT molecular complexity index is 393. The van der Waals surface area contributed by atoms with E-state index < -0.39 is 17.2 Å². The van der Waals surface area contributed by atoms with Crippen molar-refractivity contribution in [1.29, 1.82) is 0 Å². The summed E-state index contributed by atoms with van der Waals surface area (Å²) in [6, 6.07) is 3.89. The highest BCUT2D eigenvalue weighted by molar-refractivity contribution is 7.80. The number of carboxylic acid groups (broad SMARTS) is 1. The molecule has 0 bridgehead atoms. The third-order valence-electron chi connectivity index (χ3n) is 1.49. The molecule has 0 radical (unpaired) electrons. The molecular formula is C7H8N2O4S. The van der Waals surface area contributed by atoms with Crippen molar-refractivity contribution in [3.63, 3.8) is 0 Å². The lowest BCUT2D eigenvalue weighted by atomic mass is 10.1.